The molecule has 0 aromatic heterocycles. The number of allylic oxidation sites excluding steroid dienone is 10. The van der Waals surface area contributed by atoms with Crippen molar-refractivity contribution in [1.82, 2.24) is 0 Å². The second-order valence-corrected chi connectivity index (χ2v) is 22.0. The minimum absolute atomic E-state index is 0.0803. The van der Waals surface area contributed by atoms with Crippen LogP contribution in [-0.2, 0) is 28.6 Å². The molecule has 0 aliphatic carbocycles. The van der Waals surface area contributed by atoms with Crippen molar-refractivity contribution in [3.05, 3.63) is 60.8 Å². The number of unbranched alkanes of at least 4 members (excludes halogenated alkanes) is 39. The van der Waals surface area contributed by atoms with E-state index in [-0.39, 0.29) is 31.1 Å². The van der Waals surface area contributed by atoms with Crippen molar-refractivity contribution in [2.45, 2.75) is 348 Å². The van der Waals surface area contributed by atoms with Gasteiger partial charge in [0.2, 0.25) is 0 Å². The van der Waals surface area contributed by atoms with Gasteiger partial charge >= 0.3 is 17.9 Å². The molecule has 0 aromatic rings. The highest BCUT2D eigenvalue weighted by atomic mass is 16.6. The highest BCUT2D eigenvalue weighted by Gasteiger charge is 2.19. The van der Waals surface area contributed by atoms with Crippen LogP contribution in [0.15, 0.2) is 60.8 Å². The van der Waals surface area contributed by atoms with Crippen molar-refractivity contribution >= 4 is 17.9 Å². The smallest absolute Gasteiger partial charge is 0.306 e. The average molecular weight is 1050 g/mol. The van der Waals surface area contributed by atoms with Crippen LogP contribution in [0.2, 0.25) is 0 Å². The van der Waals surface area contributed by atoms with E-state index in [0.717, 1.165) is 96.3 Å². The number of hydrogen-bond acceptors (Lipinski definition) is 6. The molecule has 0 heterocycles. The quantitative estimate of drug-likeness (QED) is 0.0261. The minimum Gasteiger partial charge on any atom is -0.462 e. The van der Waals surface area contributed by atoms with Crippen LogP contribution in [0.4, 0.5) is 0 Å². The zero-order chi connectivity index (χ0) is 54.3. The maximum Gasteiger partial charge on any atom is 0.306 e. The number of rotatable bonds is 60. The van der Waals surface area contributed by atoms with Crippen LogP contribution >= 0.6 is 0 Å². The average Bonchev–Trinajstić information content (AvgIpc) is 3.41. The Balaban J connectivity index is 4.26. The lowest BCUT2D eigenvalue weighted by Crippen LogP contribution is -2.30. The molecule has 0 rings (SSSR count). The summed E-state index contributed by atoms with van der Waals surface area (Å²) in [6.45, 7) is 6.63. The molecule has 0 saturated heterocycles. The predicted molar refractivity (Wildman–Crippen MR) is 325 cm³/mol. The van der Waals surface area contributed by atoms with Crippen molar-refractivity contribution in [3.63, 3.8) is 0 Å². The van der Waals surface area contributed by atoms with Crippen LogP contribution in [-0.4, -0.2) is 37.2 Å². The second-order valence-electron chi connectivity index (χ2n) is 22.0. The standard InChI is InChI=1S/C69H124O6/c1-4-7-10-13-16-19-22-25-28-30-31-32-33-34-35-36-37-38-39-40-42-44-47-50-53-56-59-62-68(71)74-65-66(64-73-67(70)61-58-55-52-49-46-43-27-24-21-18-15-12-9-6-3)75-69(72)63-60-57-54-51-48-45-41-29-26-23-20-17-14-11-8-5-2/h20,22-25,27,29-31,41,66H,4-19,21,26,28,32-40,42-65H2,1-3H3/b23-20-,25-22-,27-24-,31-30-,41-29-. The number of hydrogen-bond donors (Lipinski definition) is 0. The first-order valence-corrected chi connectivity index (χ1v) is 32.8. The van der Waals surface area contributed by atoms with Gasteiger partial charge in [0.25, 0.3) is 0 Å². The van der Waals surface area contributed by atoms with E-state index in [4.69, 9.17) is 14.2 Å². The molecule has 1 unspecified atom stereocenters. The normalized spacial score (nSPS) is 12.4. The lowest BCUT2D eigenvalue weighted by atomic mass is 10.0. The molecule has 75 heavy (non-hydrogen) atoms. The molecule has 0 aliphatic rings. The van der Waals surface area contributed by atoms with Crippen LogP contribution in [0.5, 0.6) is 0 Å². The Morgan fingerprint density at radius 1 is 0.267 bits per heavy atom. The lowest BCUT2D eigenvalue weighted by molar-refractivity contribution is -0.167. The molecule has 0 N–H and O–H groups in total. The topological polar surface area (TPSA) is 78.9 Å². The number of carbonyl (C=O) groups excluding carboxylic acids is 3. The molecule has 0 aromatic carbocycles. The predicted octanol–water partition coefficient (Wildman–Crippen LogP) is 22.3. The van der Waals surface area contributed by atoms with E-state index in [1.54, 1.807) is 0 Å². The highest BCUT2D eigenvalue weighted by Crippen LogP contribution is 2.17. The molecule has 0 bridgehead atoms. The van der Waals surface area contributed by atoms with Gasteiger partial charge in [0.15, 0.2) is 6.10 Å². The fourth-order valence-corrected chi connectivity index (χ4v) is 9.50. The number of carbonyl (C=O) groups is 3. The molecule has 0 saturated carbocycles. The van der Waals surface area contributed by atoms with Gasteiger partial charge in [-0.2, -0.15) is 0 Å². The summed E-state index contributed by atoms with van der Waals surface area (Å²) in [5.74, 6) is -0.886. The fraction of sp³-hybridized carbons (Fsp3) is 0.812. The van der Waals surface area contributed by atoms with E-state index in [1.165, 1.54) is 205 Å². The van der Waals surface area contributed by atoms with Gasteiger partial charge in [0.1, 0.15) is 13.2 Å². The molecular weight excluding hydrogens is 925 g/mol. The Hall–Kier alpha value is -2.89. The monoisotopic (exact) mass is 1050 g/mol. The van der Waals surface area contributed by atoms with Gasteiger partial charge in [-0.25, -0.2) is 0 Å². The molecule has 436 valence electrons. The van der Waals surface area contributed by atoms with Crippen LogP contribution < -0.4 is 0 Å². The van der Waals surface area contributed by atoms with Crippen molar-refractivity contribution in [2.24, 2.45) is 0 Å². The van der Waals surface area contributed by atoms with Gasteiger partial charge in [-0.3, -0.25) is 14.4 Å². The fourth-order valence-electron chi connectivity index (χ4n) is 9.50. The Morgan fingerprint density at radius 3 is 0.760 bits per heavy atom. The SMILES string of the molecule is CCCCCC/C=C\C/C=C\CCCCCCCC(=O)OC(COC(=O)CCCCCCC/C=C\CCCCCCC)COC(=O)CCCCCCCCCCCCCCCCC/C=C\C/C=C\CCCCCCC. The molecule has 6 heteroatoms. The summed E-state index contributed by atoms with van der Waals surface area (Å²) in [6.07, 6.45) is 80.9. The molecule has 0 aliphatic heterocycles. The van der Waals surface area contributed by atoms with Gasteiger partial charge in [-0.05, 0) is 109 Å². The molecule has 0 fully saturated rings. The molecule has 1 atom stereocenters. The van der Waals surface area contributed by atoms with Crippen LogP contribution in [0.1, 0.15) is 342 Å². The summed E-state index contributed by atoms with van der Waals surface area (Å²) in [5, 5.41) is 0. The first-order valence-electron chi connectivity index (χ1n) is 32.8. The zero-order valence-electron chi connectivity index (χ0n) is 50.1. The Kier molecular flexibility index (Phi) is 61.2. The third-order valence-corrected chi connectivity index (χ3v) is 14.5. The first kappa shape index (κ1) is 72.1. The summed E-state index contributed by atoms with van der Waals surface area (Å²) >= 11 is 0. The van der Waals surface area contributed by atoms with Gasteiger partial charge in [0.05, 0.1) is 0 Å². The molecule has 6 nitrogen and oxygen atoms in total. The largest absolute Gasteiger partial charge is 0.462 e. The Bertz CT molecular complexity index is 1340. The van der Waals surface area contributed by atoms with Gasteiger partial charge in [0, 0.05) is 19.3 Å². The second kappa shape index (κ2) is 63.6. The zero-order valence-corrected chi connectivity index (χ0v) is 50.1. The van der Waals surface area contributed by atoms with E-state index in [1.807, 2.05) is 0 Å². The van der Waals surface area contributed by atoms with E-state index in [0.29, 0.717) is 19.3 Å². The highest BCUT2D eigenvalue weighted by molar-refractivity contribution is 5.71. The first-order chi connectivity index (χ1) is 37.0. The summed E-state index contributed by atoms with van der Waals surface area (Å²) in [4.78, 5) is 38.3. The van der Waals surface area contributed by atoms with Crippen LogP contribution in [0.25, 0.3) is 0 Å². The maximum atomic E-state index is 12.9. The Morgan fingerprint density at radius 2 is 0.480 bits per heavy atom. The van der Waals surface area contributed by atoms with Crippen LogP contribution in [0.3, 0.4) is 0 Å². The summed E-state index contributed by atoms with van der Waals surface area (Å²) < 4.78 is 16.9. The van der Waals surface area contributed by atoms with Gasteiger partial charge in [-0.15, -0.1) is 0 Å². The Labute approximate surface area is 466 Å². The molecule has 0 radical (unpaired) electrons. The number of ether oxygens (including phenoxy) is 3. The number of esters is 3. The minimum atomic E-state index is -0.785. The summed E-state index contributed by atoms with van der Waals surface area (Å²) in [7, 11) is 0. The summed E-state index contributed by atoms with van der Waals surface area (Å²) in [5.41, 5.74) is 0. The maximum absolute atomic E-state index is 12.9. The van der Waals surface area contributed by atoms with E-state index < -0.39 is 6.10 Å². The third kappa shape index (κ3) is 61.8. The van der Waals surface area contributed by atoms with Crippen LogP contribution in [0, 0.1) is 0 Å². The molecule has 0 amide bonds. The van der Waals surface area contributed by atoms with Gasteiger partial charge in [-0.1, -0.05) is 274 Å². The van der Waals surface area contributed by atoms with Crippen molar-refractivity contribution in [3.8, 4) is 0 Å². The lowest BCUT2D eigenvalue weighted by Gasteiger charge is -2.18. The van der Waals surface area contributed by atoms with Crippen molar-refractivity contribution < 1.29 is 28.6 Å². The van der Waals surface area contributed by atoms with E-state index in [2.05, 4.69) is 81.5 Å². The van der Waals surface area contributed by atoms with Crippen molar-refractivity contribution in [1.29, 1.82) is 0 Å². The van der Waals surface area contributed by atoms with Gasteiger partial charge < -0.3 is 14.2 Å². The van der Waals surface area contributed by atoms with E-state index in [9.17, 15) is 14.4 Å². The van der Waals surface area contributed by atoms with Crippen molar-refractivity contribution in [2.75, 3.05) is 13.2 Å². The third-order valence-electron chi connectivity index (χ3n) is 14.5. The molecular formula is C69H124O6. The van der Waals surface area contributed by atoms with E-state index >= 15 is 0 Å². The summed E-state index contributed by atoms with van der Waals surface area (Å²) in [6, 6.07) is 0. The molecule has 0 spiro atoms.